The number of aromatic nitrogens is 1. The second kappa shape index (κ2) is 5.00. The van der Waals surface area contributed by atoms with Crippen LogP contribution < -0.4 is 11.1 Å². The van der Waals surface area contributed by atoms with E-state index in [2.05, 4.69) is 10.3 Å². The van der Waals surface area contributed by atoms with Crippen molar-refractivity contribution in [2.24, 2.45) is 0 Å². The molecule has 0 aliphatic rings. The molecule has 1 heterocycles. The van der Waals surface area contributed by atoms with Crippen molar-refractivity contribution in [1.82, 2.24) is 4.98 Å². The summed E-state index contributed by atoms with van der Waals surface area (Å²) in [6, 6.07) is 2.21. The summed E-state index contributed by atoms with van der Waals surface area (Å²) in [6.45, 7) is 0. The number of anilines is 2. The lowest BCUT2D eigenvalue weighted by atomic mass is 10.1. The molecule has 0 fully saturated rings. The van der Waals surface area contributed by atoms with Gasteiger partial charge in [0.15, 0.2) is 5.13 Å². The molecule has 0 aliphatic carbocycles. The third kappa shape index (κ3) is 2.99. The van der Waals surface area contributed by atoms with E-state index in [9.17, 15) is 23.1 Å². The van der Waals surface area contributed by atoms with E-state index in [4.69, 9.17) is 5.73 Å². The number of carbonyl (C=O) groups excluding carboxylic acids is 1. The molecule has 1 aromatic carbocycles. The van der Waals surface area contributed by atoms with Crippen LogP contribution in [0.5, 0.6) is 5.75 Å². The monoisotopic (exact) mass is 303 g/mol. The van der Waals surface area contributed by atoms with Crippen LogP contribution >= 0.6 is 11.3 Å². The van der Waals surface area contributed by atoms with Gasteiger partial charge in [0.25, 0.3) is 5.91 Å². The number of carbonyl (C=O) groups is 1. The largest absolute Gasteiger partial charge is 0.506 e. The van der Waals surface area contributed by atoms with Gasteiger partial charge in [-0.3, -0.25) is 4.79 Å². The first kappa shape index (κ1) is 14.1. The quantitative estimate of drug-likeness (QED) is 0.744. The van der Waals surface area contributed by atoms with Crippen LogP contribution in [0.15, 0.2) is 23.6 Å². The van der Waals surface area contributed by atoms with E-state index in [-0.39, 0.29) is 16.5 Å². The second-order valence-electron chi connectivity index (χ2n) is 3.75. The number of hydrogen-bond donors (Lipinski definition) is 3. The van der Waals surface area contributed by atoms with Crippen LogP contribution in [-0.2, 0) is 6.18 Å². The number of nitrogen functional groups attached to an aromatic ring is 1. The Labute approximate surface area is 114 Å². The number of rotatable bonds is 2. The Morgan fingerprint density at radius 3 is 2.65 bits per heavy atom. The van der Waals surface area contributed by atoms with Crippen LogP contribution in [0.1, 0.15) is 16.1 Å². The molecule has 0 saturated carbocycles. The zero-order valence-corrected chi connectivity index (χ0v) is 10.5. The summed E-state index contributed by atoms with van der Waals surface area (Å²) in [4.78, 5) is 15.4. The predicted octanol–water partition coefficient (Wildman–Crippen LogP) is 2.70. The molecule has 0 bridgehead atoms. The Morgan fingerprint density at radius 2 is 2.10 bits per heavy atom. The zero-order chi connectivity index (χ0) is 14.9. The molecule has 20 heavy (non-hydrogen) atoms. The van der Waals surface area contributed by atoms with E-state index in [1.807, 2.05) is 0 Å². The van der Waals surface area contributed by atoms with Gasteiger partial charge in [0.2, 0.25) is 0 Å². The van der Waals surface area contributed by atoms with Gasteiger partial charge in [-0.25, -0.2) is 4.98 Å². The molecule has 4 N–H and O–H groups in total. The highest BCUT2D eigenvalue weighted by atomic mass is 32.1. The summed E-state index contributed by atoms with van der Waals surface area (Å²) in [6.07, 6.45) is -4.57. The van der Waals surface area contributed by atoms with E-state index in [0.717, 1.165) is 17.4 Å². The maximum atomic E-state index is 12.5. The number of nitrogens with one attached hydrogen (secondary N) is 1. The molecule has 0 atom stereocenters. The average molecular weight is 303 g/mol. The normalized spacial score (nSPS) is 11.3. The molecule has 106 valence electrons. The Kier molecular flexibility index (Phi) is 3.53. The summed E-state index contributed by atoms with van der Waals surface area (Å²) in [5, 5.41) is 13.1. The maximum Gasteiger partial charge on any atom is 0.416 e. The van der Waals surface area contributed by atoms with Crippen LogP contribution in [0.3, 0.4) is 0 Å². The molecule has 0 aliphatic heterocycles. The molecular formula is C11H8F3N3O2S. The molecule has 0 spiro atoms. The van der Waals surface area contributed by atoms with Crippen LogP contribution in [0.4, 0.5) is 24.0 Å². The number of hydrogen-bond acceptors (Lipinski definition) is 5. The van der Waals surface area contributed by atoms with Gasteiger partial charge in [-0.15, -0.1) is 11.3 Å². The fourth-order valence-electron chi connectivity index (χ4n) is 1.39. The van der Waals surface area contributed by atoms with E-state index in [1.165, 1.54) is 5.38 Å². The molecule has 1 aromatic heterocycles. The predicted molar refractivity (Wildman–Crippen MR) is 67.6 cm³/mol. The standard InChI is InChI=1S/C11H8F3N3O2S/c12-11(13,14)5-1-2-8(18)6(3-5)16-9(19)7-4-20-10(15)17-7/h1-4,18H,(H2,15,17)(H,16,19). The van der Waals surface area contributed by atoms with Gasteiger partial charge in [0.05, 0.1) is 11.3 Å². The fraction of sp³-hybridized carbons (Fsp3) is 0.0909. The minimum absolute atomic E-state index is 0.0377. The lowest BCUT2D eigenvalue weighted by Crippen LogP contribution is -2.14. The van der Waals surface area contributed by atoms with Crippen molar-refractivity contribution in [3.05, 3.63) is 34.8 Å². The smallest absolute Gasteiger partial charge is 0.416 e. The van der Waals surface area contributed by atoms with Crippen molar-refractivity contribution < 1.29 is 23.1 Å². The van der Waals surface area contributed by atoms with Crippen molar-refractivity contribution in [3.8, 4) is 5.75 Å². The number of halogens is 3. The van der Waals surface area contributed by atoms with Crippen molar-refractivity contribution in [2.75, 3.05) is 11.1 Å². The summed E-state index contributed by atoms with van der Waals surface area (Å²) < 4.78 is 37.6. The van der Waals surface area contributed by atoms with Gasteiger partial charge in [0.1, 0.15) is 11.4 Å². The number of amides is 1. The number of benzene rings is 1. The first-order valence-corrected chi connectivity index (χ1v) is 6.08. The van der Waals surface area contributed by atoms with Gasteiger partial charge in [-0.05, 0) is 18.2 Å². The highest BCUT2D eigenvalue weighted by Gasteiger charge is 2.31. The first-order chi connectivity index (χ1) is 9.27. The molecule has 0 unspecified atom stereocenters. The molecular weight excluding hydrogens is 295 g/mol. The minimum atomic E-state index is -4.57. The number of phenolic OH excluding ortho intramolecular Hbond substituents is 1. The van der Waals surface area contributed by atoms with E-state index in [1.54, 1.807) is 0 Å². The Morgan fingerprint density at radius 1 is 1.40 bits per heavy atom. The third-order valence-corrected chi connectivity index (χ3v) is 3.00. The molecule has 9 heteroatoms. The highest BCUT2D eigenvalue weighted by Crippen LogP contribution is 2.34. The Balaban J connectivity index is 2.27. The third-order valence-electron chi connectivity index (χ3n) is 2.33. The van der Waals surface area contributed by atoms with Crippen LogP contribution in [0.25, 0.3) is 0 Å². The Hall–Kier alpha value is -2.29. The van der Waals surface area contributed by atoms with Crippen molar-refractivity contribution in [2.45, 2.75) is 6.18 Å². The van der Waals surface area contributed by atoms with Crippen molar-refractivity contribution >= 4 is 28.1 Å². The number of aromatic hydroxyl groups is 1. The Bertz CT molecular complexity index is 655. The molecule has 2 rings (SSSR count). The number of alkyl halides is 3. The summed E-state index contributed by atoms with van der Waals surface area (Å²) in [5.74, 6) is -1.23. The number of nitrogens with two attached hydrogens (primary N) is 1. The maximum absolute atomic E-state index is 12.5. The second-order valence-corrected chi connectivity index (χ2v) is 4.64. The molecule has 5 nitrogen and oxygen atoms in total. The van der Waals surface area contributed by atoms with Crippen LogP contribution in [-0.4, -0.2) is 16.0 Å². The van der Waals surface area contributed by atoms with Crippen molar-refractivity contribution in [3.63, 3.8) is 0 Å². The van der Waals surface area contributed by atoms with Gasteiger partial charge in [-0.2, -0.15) is 13.2 Å². The van der Waals surface area contributed by atoms with E-state index >= 15 is 0 Å². The average Bonchev–Trinajstić information content (AvgIpc) is 2.77. The SMILES string of the molecule is Nc1nc(C(=O)Nc2cc(C(F)(F)F)ccc2O)cs1. The van der Waals surface area contributed by atoms with Crippen LogP contribution in [0.2, 0.25) is 0 Å². The van der Waals surface area contributed by atoms with Crippen LogP contribution in [0, 0.1) is 0 Å². The lowest BCUT2D eigenvalue weighted by molar-refractivity contribution is -0.137. The lowest BCUT2D eigenvalue weighted by Gasteiger charge is -2.10. The van der Waals surface area contributed by atoms with E-state index < -0.39 is 23.4 Å². The molecule has 1 amide bonds. The van der Waals surface area contributed by atoms with Gasteiger partial charge < -0.3 is 16.2 Å². The summed E-state index contributed by atoms with van der Waals surface area (Å²) >= 11 is 1.02. The van der Waals surface area contributed by atoms with Crippen molar-refractivity contribution in [1.29, 1.82) is 0 Å². The number of thiazole rings is 1. The summed E-state index contributed by atoms with van der Waals surface area (Å²) in [5.41, 5.74) is 3.98. The zero-order valence-electron chi connectivity index (χ0n) is 9.73. The minimum Gasteiger partial charge on any atom is -0.506 e. The molecule has 0 saturated heterocycles. The van der Waals surface area contributed by atoms with E-state index in [0.29, 0.717) is 12.1 Å². The van der Waals surface area contributed by atoms with Gasteiger partial charge in [0, 0.05) is 5.38 Å². The van der Waals surface area contributed by atoms with Gasteiger partial charge >= 0.3 is 6.18 Å². The fourth-order valence-corrected chi connectivity index (χ4v) is 1.93. The number of nitrogens with zero attached hydrogens (tertiary/aromatic N) is 1. The first-order valence-electron chi connectivity index (χ1n) is 5.20. The van der Waals surface area contributed by atoms with Gasteiger partial charge in [-0.1, -0.05) is 0 Å². The number of phenols is 1. The topological polar surface area (TPSA) is 88.2 Å². The summed E-state index contributed by atoms with van der Waals surface area (Å²) in [7, 11) is 0. The molecule has 2 aromatic rings. The molecule has 0 radical (unpaired) electrons. The highest BCUT2D eigenvalue weighted by molar-refractivity contribution is 7.13.